The lowest BCUT2D eigenvalue weighted by molar-refractivity contribution is -0.144. The van der Waals surface area contributed by atoms with Crippen molar-refractivity contribution >= 4 is 11.6 Å². The van der Waals surface area contributed by atoms with Crippen molar-refractivity contribution in [3.8, 4) is 0 Å². The Morgan fingerprint density at radius 2 is 1.70 bits per heavy atom. The predicted octanol–water partition coefficient (Wildman–Crippen LogP) is 3.23. The number of hydrogen-bond acceptors (Lipinski definition) is 4. The Labute approximate surface area is 114 Å². The molecule has 0 bridgehead atoms. The van der Waals surface area contributed by atoms with Crippen molar-refractivity contribution in [3.63, 3.8) is 0 Å². The molecule has 1 atom stereocenters. The van der Waals surface area contributed by atoms with E-state index in [-0.39, 0.29) is 11.4 Å². The second-order valence-electron chi connectivity index (χ2n) is 4.07. The summed E-state index contributed by atoms with van der Waals surface area (Å²) >= 11 is 0. The first-order chi connectivity index (χ1) is 9.50. The highest BCUT2D eigenvalue weighted by atomic mass is 19.4. The van der Waals surface area contributed by atoms with Gasteiger partial charge in [0, 0.05) is 13.1 Å². The Morgan fingerprint density at radius 1 is 1.05 bits per heavy atom. The normalized spacial score (nSPS) is 12.8. The third-order valence-electron chi connectivity index (χ3n) is 2.68. The van der Waals surface area contributed by atoms with Crippen molar-refractivity contribution in [3.05, 3.63) is 48.3 Å². The molecule has 0 aliphatic carbocycles. The van der Waals surface area contributed by atoms with Crippen LogP contribution >= 0.6 is 0 Å². The van der Waals surface area contributed by atoms with Crippen LogP contribution in [0.25, 0.3) is 0 Å². The second-order valence-corrected chi connectivity index (χ2v) is 4.07. The summed E-state index contributed by atoms with van der Waals surface area (Å²) in [5, 5.41) is 5.14. The van der Waals surface area contributed by atoms with Crippen molar-refractivity contribution in [1.29, 1.82) is 0 Å². The molecule has 2 rings (SSSR count). The summed E-state index contributed by atoms with van der Waals surface area (Å²) in [5.74, 6) is 0.548. The molecule has 20 heavy (non-hydrogen) atoms. The number of benzene rings is 1. The van der Waals surface area contributed by atoms with E-state index in [9.17, 15) is 13.2 Å². The summed E-state index contributed by atoms with van der Waals surface area (Å²) in [6.45, 7) is 0. The smallest absolute Gasteiger partial charge is 0.373 e. The molecule has 1 aromatic carbocycles. The third kappa shape index (κ3) is 3.37. The maximum Gasteiger partial charge on any atom is 0.412 e. The molecule has 2 N–H and O–H groups in total. The van der Waals surface area contributed by atoms with Crippen molar-refractivity contribution in [2.75, 3.05) is 17.7 Å². The number of aromatic nitrogens is 2. The third-order valence-corrected chi connectivity index (χ3v) is 2.68. The summed E-state index contributed by atoms with van der Waals surface area (Å²) in [6.07, 6.45) is -3.22. The van der Waals surface area contributed by atoms with Crippen LogP contribution in [0.5, 0.6) is 0 Å². The van der Waals surface area contributed by atoms with Crippen LogP contribution in [0.4, 0.5) is 24.8 Å². The highest BCUT2D eigenvalue weighted by Crippen LogP contribution is 2.35. The molecule has 7 heteroatoms. The molecule has 0 fully saturated rings. The van der Waals surface area contributed by atoms with Crippen LogP contribution in [-0.2, 0) is 0 Å². The molecule has 0 radical (unpaired) electrons. The first-order valence-electron chi connectivity index (χ1n) is 5.88. The topological polar surface area (TPSA) is 49.8 Å². The number of nitrogens with zero attached hydrogens (tertiary/aromatic N) is 2. The van der Waals surface area contributed by atoms with Crippen LogP contribution in [0, 0.1) is 0 Å². The molecule has 0 spiro atoms. The molecule has 0 aliphatic rings. The molecular weight excluding hydrogens is 269 g/mol. The Hall–Kier alpha value is -2.31. The number of anilines is 2. The van der Waals surface area contributed by atoms with Gasteiger partial charge in [0.25, 0.3) is 0 Å². The largest absolute Gasteiger partial charge is 0.412 e. The zero-order valence-corrected chi connectivity index (χ0v) is 10.6. The Bertz CT molecular complexity index is 557. The fourth-order valence-corrected chi connectivity index (χ4v) is 1.72. The van der Waals surface area contributed by atoms with Gasteiger partial charge in [-0.25, -0.2) is 9.97 Å². The second kappa shape index (κ2) is 5.77. The van der Waals surface area contributed by atoms with E-state index < -0.39 is 12.2 Å². The van der Waals surface area contributed by atoms with E-state index in [1.807, 2.05) is 0 Å². The first kappa shape index (κ1) is 14.1. The van der Waals surface area contributed by atoms with Crippen LogP contribution in [0.2, 0.25) is 0 Å². The van der Waals surface area contributed by atoms with Crippen LogP contribution in [0.1, 0.15) is 11.6 Å². The van der Waals surface area contributed by atoms with Gasteiger partial charge in [-0.15, -0.1) is 0 Å². The predicted molar refractivity (Wildman–Crippen MR) is 70.4 cm³/mol. The SMILES string of the molecule is CNc1cc(NC(c2ccccc2)C(F)(F)F)ncn1. The van der Waals surface area contributed by atoms with E-state index in [4.69, 9.17) is 0 Å². The Kier molecular flexibility index (Phi) is 4.07. The van der Waals surface area contributed by atoms with Gasteiger partial charge in [-0.2, -0.15) is 13.2 Å². The van der Waals surface area contributed by atoms with Crippen molar-refractivity contribution in [1.82, 2.24) is 9.97 Å². The minimum absolute atomic E-state index is 0.107. The number of nitrogens with one attached hydrogen (secondary N) is 2. The zero-order chi connectivity index (χ0) is 14.6. The van der Waals surface area contributed by atoms with E-state index in [2.05, 4.69) is 20.6 Å². The first-order valence-corrected chi connectivity index (χ1v) is 5.88. The van der Waals surface area contributed by atoms with E-state index in [0.717, 1.165) is 0 Å². The van der Waals surface area contributed by atoms with Gasteiger partial charge in [-0.05, 0) is 5.56 Å². The maximum atomic E-state index is 13.2. The molecule has 1 unspecified atom stereocenters. The molecule has 0 saturated heterocycles. The highest BCUT2D eigenvalue weighted by Gasteiger charge is 2.41. The number of halogens is 3. The van der Waals surface area contributed by atoms with E-state index in [1.54, 1.807) is 25.2 Å². The average Bonchev–Trinajstić information content (AvgIpc) is 2.45. The minimum Gasteiger partial charge on any atom is -0.373 e. The molecule has 0 saturated carbocycles. The van der Waals surface area contributed by atoms with Crippen molar-refractivity contribution < 1.29 is 13.2 Å². The Morgan fingerprint density at radius 3 is 2.30 bits per heavy atom. The van der Waals surface area contributed by atoms with Gasteiger partial charge in [-0.1, -0.05) is 30.3 Å². The molecule has 1 aromatic heterocycles. The molecule has 0 amide bonds. The van der Waals surface area contributed by atoms with Crippen LogP contribution in [0.3, 0.4) is 0 Å². The van der Waals surface area contributed by atoms with E-state index in [1.165, 1.54) is 24.5 Å². The molecular formula is C13H13F3N4. The molecule has 106 valence electrons. The number of alkyl halides is 3. The van der Waals surface area contributed by atoms with Crippen LogP contribution in [-0.4, -0.2) is 23.2 Å². The lowest BCUT2D eigenvalue weighted by Crippen LogP contribution is -2.28. The summed E-state index contributed by atoms with van der Waals surface area (Å²) in [7, 11) is 1.63. The molecule has 1 heterocycles. The Balaban J connectivity index is 2.29. The standard InChI is InChI=1S/C13H13F3N4/c1-17-10-7-11(19-8-18-10)20-12(13(14,15)16)9-5-3-2-4-6-9/h2-8,12H,1H3,(H2,17,18,19,20). The number of hydrogen-bond donors (Lipinski definition) is 2. The lowest BCUT2D eigenvalue weighted by atomic mass is 10.1. The molecule has 0 aliphatic heterocycles. The highest BCUT2D eigenvalue weighted by molar-refractivity contribution is 5.47. The zero-order valence-electron chi connectivity index (χ0n) is 10.6. The van der Waals surface area contributed by atoms with Gasteiger partial charge in [-0.3, -0.25) is 0 Å². The van der Waals surface area contributed by atoms with Gasteiger partial charge in [0.15, 0.2) is 0 Å². The van der Waals surface area contributed by atoms with Gasteiger partial charge in [0.05, 0.1) is 0 Å². The van der Waals surface area contributed by atoms with Crippen molar-refractivity contribution in [2.24, 2.45) is 0 Å². The summed E-state index contributed by atoms with van der Waals surface area (Å²) in [5.41, 5.74) is 0.129. The lowest BCUT2D eigenvalue weighted by Gasteiger charge is -2.22. The molecule has 2 aromatic rings. The van der Waals surface area contributed by atoms with Crippen molar-refractivity contribution in [2.45, 2.75) is 12.2 Å². The minimum atomic E-state index is -4.42. The summed E-state index contributed by atoms with van der Waals surface area (Å²) in [4.78, 5) is 7.66. The fourth-order valence-electron chi connectivity index (χ4n) is 1.72. The van der Waals surface area contributed by atoms with Gasteiger partial charge in [0.2, 0.25) is 0 Å². The summed E-state index contributed by atoms with van der Waals surface area (Å²) in [6, 6.07) is 7.24. The number of rotatable bonds is 4. The average molecular weight is 282 g/mol. The van der Waals surface area contributed by atoms with E-state index >= 15 is 0 Å². The molecule has 4 nitrogen and oxygen atoms in total. The quantitative estimate of drug-likeness (QED) is 0.904. The van der Waals surface area contributed by atoms with E-state index in [0.29, 0.717) is 5.82 Å². The summed E-state index contributed by atoms with van der Waals surface area (Å²) < 4.78 is 39.5. The van der Waals surface area contributed by atoms with Gasteiger partial charge < -0.3 is 10.6 Å². The van der Waals surface area contributed by atoms with Crippen LogP contribution in [0.15, 0.2) is 42.7 Å². The van der Waals surface area contributed by atoms with Gasteiger partial charge in [0.1, 0.15) is 24.0 Å². The van der Waals surface area contributed by atoms with Gasteiger partial charge >= 0.3 is 6.18 Å². The fraction of sp³-hybridized carbons (Fsp3) is 0.231. The maximum absolute atomic E-state index is 13.2. The van der Waals surface area contributed by atoms with Crippen LogP contribution < -0.4 is 10.6 Å². The monoisotopic (exact) mass is 282 g/mol.